The van der Waals surface area contributed by atoms with Crippen LogP contribution in [0.15, 0.2) is 11.0 Å². The fourth-order valence-corrected chi connectivity index (χ4v) is 3.28. The Morgan fingerprint density at radius 1 is 1.38 bits per heavy atom. The van der Waals surface area contributed by atoms with E-state index in [1.54, 1.807) is 0 Å². The average Bonchev–Trinajstić information content (AvgIpc) is 3.44. The number of aliphatic hydroxyl groups excluding tert-OH is 1. The molecular formula is C17H26N4O3. The number of H-pyrrole nitrogens is 1. The number of carbonyl (C=O) groups excluding carboxylic acids is 1. The summed E-state index contributed by atoms with van der Waals surface area (Å²) in [6.45, 7) is 2.56. The molecule has 0 bridgehead atoms. The van der Waals surface area contributed by atoms with Crippen LogP contribution >= 0.6 is 0 Å². The Morgan fingerprint density at radius 3 is 2.92 bits per heavy atom. The topological polar surface area (TPSA) is 98.3 Å². The average molecular weight is 334 g/mol. The van der Waals surface area contributed by atoms with Crippen molar-refractivity contribution < 1.29 is 9.90 Å². The second-order valence-corrected chi connectivity index (χ2v) is 6.76. The van der Waals surface area contributed by atoms with Crippen LogP contribution < -0.4 is 10.9 Å². The summed E-state index contributed by atoms with van der Waals surface area (Å²) >= 11 is 0. The molecular weight excluding hydrogens is 308 g/mol. The van der Waals surface area contributed by atoms with Crippen LogP contribution in [0.25, 0.3) is 0 Å². The van der Waals surface area contributed by atoms with E-state index in [4.69, 9.17) is 0 Å². The van der Waals surface area contributed by atoms with Gasteiger partial charge in [-0.1, -0.05) is 6.42 Å². The summed E-state index contributed by atoms with van der Waals surface area (Å²) in [6.07, 6.45) is 7.67. The highest BCUT2D eigenvalue weighted by Gasteiger charge is 2.26. The summed E-state index contributed by atoms with van der Waals surface area (Å²) in [7, 11) is 0. The minimum Gasteiger partial charge on any atom is -0.395 e. The second-order valence-electron chi connectivity index (χ2n) is 6.76. The summed E-state index contributed by atoms with van der Waals surface area (Å²) in [4.78, 5) is 33.3. The van der Waals surface area contributed by atoms with E-state index in [2.05, 4.69) is 20.2 Å². The number of likely N-dealkylation sites (tertiary alicyclic amines) is 1. The Bertz CT molecular complexity index is 627. The van der Waals surface area contributed by atoms with Crippen LogP contribution in [-0.2, 0) is 0 Å². The molecule has 1 unspecified atom stereocenters. The van der Waals surface area contributed by atoms with Crippen molar-refractivity contribution in [2.24, 2.45) is 0 Å². The second kappa shape index (κ2) is 7.90. The zero-order chi connectivity index (χ0) is 16.9. The molecule has 1 saturated carbocycles. The molecule has 1 saturated heterocycles. The molecule has 132 valence electrons. The summed E-state index contributed by atoms with van der Waals surface area (Å²) in [5.74, 6) is 0.680. The van der Waals surface area contributed by atoms with E-state index in [9.17, 15) is 14.7 Å². The van der Waals surface area contributed by atoms with Crippen molar-refractivity contribution in [1.29, 1.82) is 0 Å². The number of aliphatic hydroxyl groups is 1. The Balaban J connectivity index is 1.44. The van der Waals surface area contributed by atoms with E-state index < -0.39 is 0 Å². The third-order valence-corrected chi connectivity index (χ3v) is 4.90. The molecule has 3 N–H and O–H groups in total. The molecule has 0 spiro atoms. The predicted molar refractivity (Wildman–Crippen MR) is 90.1 cm³/mol. The molecule has 1 amide bonds. The number of hydrogen-bond acceptors (Lipinski definition) is 5. The van der Waals surface area contributed by atoms with Crippen molar-refractivity contribution in [3.8, 4) is 0 Å². The normalized spacial score (nSPS) is 21.6. The third kappa shape index (κ3) is 4.21. The van der Waals surface area contributed by atoms with Crippen LogP contribution in [0.5, 0.6) is 0 Å². The summed E-state index contributed by atoms with van der Waals surface area (Å²) in [5.41, 5.74) is -0.286. The number of nitrogens with one attached hydrogen (secondary N) is 2. The van der Waals surface area contributed by atoms with E-state index in [0.29, 0.717) is 18.3 Å². The fourth-order valence-electron chi connectivity index (χ4n) is 3.28. The van der Waals surface area contributed by atoms with Gasteiger partial charge >= 0.3 is 0 Å². The van der Waals surface area contributed by atoms with Gasteiger partial charge in [-0.15, -0.1) is 0 Å². The van der Waals surface area contributed by atoms with Gasteiger partial charge in [0.1, 0.15) is 11.4 Å². The lowest BCUT2D eigenvalue weighted by molar-refractivity contribution is 0.0867. The van der Waals surface area contributed by atoms with E-state index in [1.807, 2.05) is 0 Å². The maximum atomic E-state index is 12.1. The van der Waals surface area contributed by atoms with Gasteiger partial charge in [0.15, 0.2) is 0 Å². The number of aromatic nitrogens is 2. The van der Waals surface area contributed by atoms with Gasteiger partial charge in [-0.3, -0.25) is 14.5 Å². The van der Waals surface area contributed by atoms with Gasteiger partial charge in [-0.2, -0.15) is 0 Å². The molecule has 7 heteroatoms. The van der Waals surface area contributed by atoms with Gasteiger partial charge in [-0.05, 0) is 38.6 Å². The quantitative estimate of drug-likeness (QED) is 0.635. The van der Waals surface area contributed by atoms with Gasteiger partial charge in [0.2, 0.25) is 0 Å². The van der Waals surface area contributed by atoms with Gasteiger partial charge in [0.05, 0.1) is 6.61 Å². The summed E-state index contributed by atoms with van der Waals surface area (Å²) < 4.78 is 0. The number of aromatic amines is 1. The molecule has 2 heterocycles. The number of hydrogen-bond donors (Lipinski definition) is 3. The Labute approximate surface area is 141 Å². The lowest BCUT2D eigenvalue weighted by Crippen LogP contribution is -2.43. The van der Waals surface area contributed by atoms with Crippen LogP contribution in [0, 0.1) is 0 Å². The third-order valence-electron chi connectivity index (χ3n) is 4.90. The largest absolute Gasteiger partial charge is 0.395 e. The molecule has 1 aliphatic heterocycles. The molecule has 7 nitrogen and oxygen atoms in total. The highest BCUT2D eigenvalue weighted by molar-refractivity contribution is 5.93. The highest BCUT2D eigenvalue weighted by atomic mass is 16.3. The first-order chi connectivity index (χ1) is 11.7. The molecule has 1 atom stereocenters. The number of piperidine rings is 1. The minimum absolute atomic E-state index is 0.0746. The molecule has 1 aliphatic carbocycles. The zero-order valence-corrected chi connectivity index (χ0v) is 14.0. The minimum atomic E-state index is -0.372. The van der Waals surface area contributed by atoms with Crippen LogP contribution in [0.3, 0.4) is 0 Å². The van der Waals surface area contributed by atoms with Crippen molar-refractivity contribution in [3.05, 3.63) is 27.9 Å². The number of carbonyl (C=O) groups is 1. The SMILES string of the molecule is O=C(NCCCN1CCCCC1CO)c1cnc(C2CC2)[nH]c1=O. The monoisotopic (exact) mass is 334 g/mol. The van der Waals surface area contributed by atoms with Crippen molar-refractivity contribution >= 4 is 5.91 Å². The van der Waals surface area contributed by atoms with E-state index in [1.165, 1.54) is 12.6 Å². The predicted octanol–water partition coefficient (Wildman–Crippen LogP) is 0.614. The molecule has 0 aromatic carbocycles. The zero-order valence-electron chi connectivity index (χ0n) is 14.0. The maximum absolute atomic E-state index is 12.1. The van der Waals surface area contributed by atoms with E-state index in [0.717, 1.165) is 45.2 Å². The molecule has 3 rings (SSSR count). The number of amides is 1. The maximum Gasteiger partial charge on any atom is 0.263 e. The van der Waals surface area contributed by atoms with Crippen LogP contribution in [0.2, 0.25) is 0 Å². The molecule has 1 aromatic rings. The summed E-state index contributed by atoms with van der Waals surface area (Å²) in [5, 5.41) is 12.2. The molecule has 1 aromatic heterocycles. The summed E-state index contributed by atoms with van der Waals surface area (Å²) in [6, 6.07) is 0.247. The van der Waals surface area contributed by atoms with Gasteiger partial charge < -0.3 is 15.4 Å². The first-order valence-electron chi connectivity index (χ1n) is 8.91. The number of nitrogens with zero attached hydrogens (tertiary/aromatic N) is 2. The Morgan fingerprint density at radius 2 is 2.21 bits per heavy atom. The molecule has 2 aliphatic rings. The molecule has 24 heavy (non-hydrogen) atoms. The van der Waals surface area contributed by atoms with Gasteiger partial charge in [0, 0.05) is 31.2 Å². The van der Waals surface area contributed by atoms with Crippen molar-refractivity contribution in [1.82, 2.24) is 20.2 Å². The lowest BCUT2D eigenvalue weighted by Gasteiger charge is -2.34. The standard InChI is InChI=1S/C17H26N4O3/c22-11-13-4-1-2-8-21(13)9-3-7-18-16(23)14-10-19-15(12-5-6-12)20-17(14)24/h10,12-13,22H,1-9,11H2,(H,18,23)(H,19,20,24). The van der Waals surface area contributed by atoms with Crippen LogP contribution in [-0.4, -0.2) is 58.2 Å². The Kier molecular flexibility index (Phi) is 5.63. The van der Waals surface area contributed by atoms with Gasteiger partial charge in [0.25, 0.3) is 11.5 Å². The first-order valence-corrected chi connectivity index (χ1v) is 8.91. The van der Waals surface area contributed by atoms with E-state index >= 15 is 0 Å². The van der Waals surface area contributed by atoms with Crippen LogP contribution in [0.1, 0.15) is 60.6 Å². The fraction of sp³-hybridized carbons (Fsp3) is 0.706. The van der Waals surface area contributed by atoms with Crippen molar-refractivity contribution in [2.75, 3.05) is 26.2 Å². The smallest absolute Gasteiger partial charge is 0.263 e. The lowest BCUT2D eigenvalue weighted by atomic mass is 10.0. The highest BCUT2D eigenvalue weighted by Crippen LogP contribution is 2.37. The first kappa shape index (κ1) is 17.1. The van der Waals surface area contributed by atoms with Crippen molar-refractivity contribution in [2.45, 2.75) is 50.5 Å². The Hall–Kier alpha value is -1.73. The number of rotatable bonds is 7. The van der Waals surface area contributed by atoms with E-state index in [-0.39, 0.29) is 29.7 Å². The van der Waals surface area contributed by atoms with Crippen molar-refractivity contribution in [3.63, 3.8) is 0 Å². The van der Waals surface area contributed by atoms with Crippen LogP contribution in [0.4, 0.5) is 0 Å². The van der Waals surface area contributed by atoms with Gasteiger partial charge in [-0.25, -0.2) is 4.98 Å². The molecule has 2 fully saturated rings. The molecule has 0 radical (unpaired) electrons.